The van der Waals surface area contributed by atoms with E-state index in [0.717, 1.165) is 29.8 Å². The normalized spacial score (nSPS) is 20.4. The Hall–Kier alpha value is -0.570. The predicted molar refractivity (Wildman–Crippen MR) is 85.0 cm³/mol. The van der Waals surface area contributed by atoms with E-state index in [9.17, 15) is 0 Å². The molecule has 2 rings (SSSR count). The largest absolute Gasteiger partial charge is 0.369 e. The molecule has 2 atom stereocenters. The molecule has 0 aliphatic heterocycles. The molecule has 2 N–H and O–H groups in total. The van der Waals surface area contributed by atoms with Crippen LogP contribution >= 0.6 is 11.6 Å². The number of benzene rings is 1. The van der Waals surface area contributed by atoms with E-state index >= 15 is 0 Å². The highest BCUT2D eigenvalue weighted by atomic mass is 35.5. The molecule has 0 saturated heterocycles. The quantitative estimate of drug-likeness (QED) is 0.788. The van der Waals surface area contributed by atoms with E-state index in [-0.39, 0.29) is 12.1 Å². The lowest BCUT2D eigenvalue weighted by Gasteiger charge is -2.29. The first-order chi connectivity index (χ1) is 9.72. The molecule has 1 fully saturated rings. The zero-order valence-corrected chi connectivity index (χ0v) is 13.1. The van der Waals surface area contributed by atoms with E-state index < -0.39 is 0 Å². The SMILES string of the molecule is CCC(N)C(OC1CCCCCC1)c1ccccc1Cl. The van der Waals surface area contributed by atoms with Gasteiger partial charge in [-0.3, -0.25) is 0 Å². The maximum Gasteiger partial charge on any atom is 0.0993 e. The molecule has 0 radical (unpaired) electrons. The summed E-state index contributed by atoms with van der Waals surface area (Å²) in [6.45, 7) is 2.10. The van der Waals surface area contributed by atoms with Crippen molar-refractivity contribution < 1.29 is 4.74 Å². The van der Waals surface area contributed by atoms with Gasteiger partial charge in [0.25, 0.3) is 0 Å². The molecular weight excluding hydrogens is 270 g/mol. The van der Waals surface area contributed by atoms with Crippen molar-refractivity contribution in [1.82, 2.24) is 0 Å². The van der Waals surface area contributed by atoms with Crippen LogP contribution in [0.1, 0.15) is 63.5 Å². The minimum Gasteiger partial charge on any atom is -0.369 e. The van der Waals surface area contributed by atoms with Crippen LogP contribution in [0.15, 0.2) is 24.3 Å². The van der Waals surface area contributed by atoms with Crippen molar-refractivity contribution in [3.05, 3.63) is 34.9 Å². The maximum atomic E-state index is 6.38. The Labute approximate surface area is 127 Å². The molecule has 1 aliphatic rings. The molecule has 0 bridgehead atoms. The Morgan fingerprint density at radius 2 is 1.85 bits per heavy atom. The van der Waals surface area contributed by atoms with Gasteiger partial charge in [0.1, 0.15) is 0 Å². The van der Waals surface area contributed by atoms with Crippen LogP contribution in [0, 0.1) is 0 Å². The van der Waals surface area contributed by atoms with Crippen molar-refractivity contribution in [3.63, 3.8) is 0 Å². The average molecular weight is 296 g/mol. The van der Waals surface area contributed by atoms with Crippen LogP contribution in [0.25, 0.3) is 0 Å². The molecule has 1 aliphatic carbocycles. The first kappa shape index (κ1) is 15.8. The molecule has 2 unspecified atom stereocenters. The summed E-state index contributed by atoms with van der Waals surface area (Å²) in [6, 6.07) is 7.92. The summed E-state index contributed by atoms with van der Waals surface area (Å²) < 4.78 is 6.38. The monoisotopic (exact) mass is 295 g/mol. The highest BCUT2D eigenvalue weighted by Crippen LogP contribution is 2.32. The molecule has 20 heavy (non-hydrogen) atoms. The molecule has 0 amide bonds. The van der Waals surface area contributed by atoms with E-state index in [0.29, 0.717) is 6.10 Å². The lowest BCUT2D eigenvalue weighted by Crippen LogP contribution is -2.32. The van der Waals surface area contributed by atoms with E-state index in [4.69, 9.17) is 22.1 Å². The zero-order valence-electron chi connectivity index (χ0n) is 12.4. The second-order valence-electron chi connectivity index (χ2n) is 5.76. The number of nitrogens with two attached hydrogens (primary N) is 1. The van der Waals surface area contributed by atoms with Crippen molar-refractivity contribution in [2.45, 2.75) is 70.1 Å². The number of halogens is 1. The molecule has 2 nitrogen and oxygen atoms in total. The summed E-state index contributed by atoms with van der Waals surface area (Å²) in [7, 11) is 0. The van der Waals surface area contributed by atoms with Crippen molar-refractivity contribution in [2.24, 2.45) is 5.73 Å². The van der Waals surface area contributed by atoms with Crippen LogP contribution < -0.4 is 5.73 Å². The van der Waals surface area contributed by atoms with Gasteiger partial charge in [-0.15, -0.1) is 0 Å². The van der Waals surface area contributed by atoms with Gasteiger partial charge in [0.15, 0.2) is 0 Å². The minimum absolute atomic E-state index is 0.00171. The molecular formula is C17H26ClNO. The topological polar surface area (TPSA) is 35.2 Å². The summed E-state index contributed by atoms with van der Waals surface area (Å²) in [5.74, 6) is 0. The van der Waals surface area contributed by atoms with Gasteiger partial charge in [0.05, 0.1) is 12.2 Å². The molecule has 0 aromatic heterocycles. The highest BCUT2D eigenvalue weighted by Gasteiger charge is 2.25. The van der Waals surface area contributed by atoms with Gasteiger partial charge >= 0.3 is 0 Å². The van der Waals surface area contributed by atoms with E-state index in [1.165, 1.54) is 25.7 Å². The van der Waals surface area contributed by atoms with Crippen LogP contribution in [0.4, 0.5) is 0 Å². The Morgan fingerprint density at radius 3 is 2.45 bits per heavy atom. The number of rotatable bonds is 5. The number of hydrogen-bond acceptors (Lipinski definition) is 2. The van der Waals surface area contributed by atoms with Gasteiger partial charge in [-0.2, -0.15) is 0 Å². The Balaban J connectivity index is 2.13. The average Bonchev–Trinajstić information content (AvgIpc) is 2.73. The second-order valence-corrected chi connectivity index (χ2v) is 6.17. The molecule has 3 heteroatoms. The van der Waals surface area contributed by atoms with Gasteiger partial charge in [-0.05, 0) is 25.3 Å². The molecule has 112 valence electrons. The third-order valence-electron chi connectivity index (χ3n) is 4.21. The highest BCUT2D eigenvalue weighted by molar-refractivity contribution is 6.31. The first-order valence-corrected chi connectivity index (χ1v) is 8.25. The summed E-state index contributed by atoms with van der Waals surface area (Å²) in [5.41, 5.74) is 7.33. The molecule has 1 aromatic rings. The molecule has 0 spiro atoms. The molecule has 1 saturated carbocycles. The standard InChI is InChI=1S/C17H26ClNO/c1-2-16(19)17(14-11-7-8-12-15(14)18)20-13-9-5-3-4-6-10-13/h7-8,11-13,16-17H,2-6,9-10,19H2,1H3. The molecule has 0 heterocycles. The van der Waals surface area contributed by atoms with Crippen LogP contribution in [-0.2, 0) is 4.74 Å². The third kappa shape index (κ3) is 4.21. The fourth-order valence-electron chi connectivity index (χ4n) is 2.91. The number of hydrogen-bond donors (Lipinski definition) is 1. The van der Waals surface area contributed by atoms with Crippen LogP contribution in [0.2, 0.25) is 5.02 Å². The Kier molecular flexibility index (Phi) is 6.34. The molecule has 1 aromatic carbocycles. The van der Waals surface area contributed by atoms with E-state index in [1.807, 2.05) is 24.3 Å². The van der Waals surface area contributed by atoms with Crippen molar-refractivity contribution in [1.29, 1.82) is 0 Å². The van der Waals surface area contributed by atoms with E-state index in [2.05, 4.69) is 6.92 Å². The Bertz CT molecular complexity index is 402. The maximum absolute atomic E-state index is 6.38. The minimum atomic E-state index is -0.0863. The van der Waals surface area contributed by atoms with E-state index in [1.54, 1.807) is 0 Å². The Morgan fingerprint density at radius 1 is 1.20 bits per heavy atom. The third-order valence-corrected chi connectivity index (χ3v) is 4.56. The smallest absolute Gasteiger partial charge is 0.0993 e. The van der Waals surface area contributed by atoms with Crippen LogP contribution in [0.5, 0.6) is 0 Å². The summed E-state index contributed by atoms with van der Waals surface area (Å²) >= 11 is 6.33. The summed E-state index contributed by atoms with van der Waals surface area (Å²) in [6.07, 6.45) is 8.63. The van der Waals surface area contributed by atoms with Crippen molar-refractivity contribution in [2.75, 3.05) is 0 Å². The summed E-state index contributed by atoms with van der Waals surface area (Å²) in [4.78, 5) is 0. The lowest BCUT2D eigenvalue weighted by molar-refractivity contribution is -0.0341. The van der Waals surface area contributed by atoms with Gasteiger partial charge < -0.3 is 10.5 Å². The van der Waals surface area contributed by atoms with Gasteiger partial charge in [0.2, 0.25) is 0 Å². The summed E-state index contributed by atoms with van der Waals surface area (Å²) in [5, 5.41) is 0.759. The van der Waals surface area contributed by atoms with Crippen molar-refractivity contribution in [3.8, 4) is 0 Å². The van der Waals surface area contributed by atoms with Crippen molar-refractivity contribution >= 4 is 11.6 Å². The van der Waals surface area contributed by atoms with Gasteiger partial charge in [0, 0.05) is 16.6 Å². The van der Waals surface area contributed by atoms with Crippen LogP contribution in [-0.4, -0.2) is 12.1 Å². The fourth-order valence-corrected chi connectivity index (χ4v) is 3.15. The van der Waals surface area contributed by atoms with Gasteiger partial charge in [-0.1, -0.05) is 62.4 Å². The first-order valence-electron chi connectivity index (χ1n) is 7.87. The predicted octanol–water partition coefficient (Wildman–Crippen LogP) is 4.86. The lowest BCUT2D eigenvalue weighted by atomic mass is 10.00. The fraction of sp³-hybridized carbons (Fsp3) is 0.647. The van der Waals surface area contributed by atoms with Gasteiger partial charge in [-0.25, -0.2) is 0 Å². The number of ether oxygens (including phenoxy) is 1. The second kappa shape index (κ2) is 8.02. The zero-order chi connectivity index (χ0) is 14.4. The van der Waals surface area contributed by atoms with Crippen LogP contribution in [0.3, 0.4) is 0 Å².